The molecule has 2 aromatic heterocycles. The Morgan fingerprint density at radius 3 is 2.79 bits per heavy atom. The Kier molecular flexibility index (Phi) is 6.27. The van der Waals surface area contributed by atoms with E-state index in [-0.39, 0.29) is 17.9 Å². The standard InChI is InChI=1S/C27H29N5O2/c1-3-34-24-13-19(9-10-22(24)18-7-5-4-6-8-18)27(33)32(2)26(20-11-12-28-14-20)23-17-29-15-21-16-30-31-25(21)23/h4-10,13,15-17,20,26,28H,3,11-12,14H2,1-2H3,(H,30,31)/t20-,26-/m1/s1. The molecule has 4 aromatic rings. The molecule has 34 heavy (non-hydrogen) atoms. The molecule has 0 saturated carbocycles. The van der Waals surface area contributed by atoms with Gasteiger partial charge < -0.3 is 15.0 Å². The zero-order valence-corrected chi connectivity index (χ0v) is 19.5. The highest BCUT2D eigenvalue weighted by Gasteiger charge is 2.34. The monoisotopic (exact) mass is 455 g/mol. The largest absolute Gasteiger partial charge is 0.493 e. The molecule has 0 radical (unpaired) electrons. The molecule has 7 nitrogen and oxygen atoms in total. The first-order chi connectivity index (χ1) is 16.7. The first kappa shape index (κ1) is 22.1. The summed E-state index contributed by atoms with van der Waals surface area (Å²) in [5.41, 5.74) is 4.56. The number of carbonyl (C=O) groups is 1. The third kappa shape index (κ3) is 4.15. The molecule has 3 heterocycles. The quantitative estimate of drug-likeness (QED) is 0.430. The molecule has 1 aliphatic rings. The Bertz CT molecular complexity index is 1280. The first-order valence-corrected chi connectivity index (χ1v) is 11.7. The predicted molar refractivity (Wildman–Crippen MR) is 133 cm³/mol. The van der Waals surface area contributed by atoms with Gasteiger partial charge in [-0.2, -0.15) is 5.10 Å². The van der Waals surface area contributed by atoms with Crippen molar-refractivity contribution in [3.63, 3.8) is 0 Å². The Hall–Kier alpha value is -3.71. The molecule has 1 amide bonds. The van der Waals surface area contributed by atoms with E-state index in [0.717, 1.165) is 47.1 Å². The van der Waals surface area contributed by atoms with Crippen molar-refractivity contribution in [1.82, 2.24) is 25.4 Å². The third-order valence-electron chi connectivity index (χ3n) is 6.60. The van der Waals surface area contributed by atoms with Crippen LogP contribution in [0.1, 0.15) is 35.3 Å². The lowest BCUT2D eigenvalue weighted by Gasteiger charge is -2.33. The molecule has 1 saturated heterocycles. The van der Waals surface area contributed by atoms with Gasteiger partial charge in [-0.25, -0.2) is 0 Å². The molecule has 5 rings (SSSR count). The highest BCUT2D eigenvalue weighted by atomic mass is 16.5. The van der Waals surface area contributed by atoms with Gasteiger partial charge >= 0.3 is 0 Å². The topological polar surface area (TPSA) is 83.1 Å². The van der Waals surface area contributed by atoms with E-state index in [1.165, 1.54) is 0 Å². The fourth-order valence-corrected chi connectivity index (χ4v) is 4.95. The lowest BCUT2D eigenvalue weighted by Crippen LogP contribution is -2.36. The van der Waals surface area contributed by atoms with Crippen molar-refractivity contribution in [2.24, 2.45) is 5.92 Å². The number of aromatic amines is 1. The number of nitrogens with zero attached hydrogens (tertiary/aromatic N) is 3. The average molecular weight is 456 g/mol. The van der Waals surface area contributed by atoms with E-state index in [0.29, 0.717) is 17.9 Å². The SMILES string of the molecule is CCOc1cc(C(=O)N(C)[C@@H](c2cncc3cn[nH]c23)[C@@H]2CCNC2)ccc1-c1ccccc1. The van der Waals surface area contributed by atoms with Crippen LogP contribution < -0.4 is 10.1 Å². The summed E-state index contributed by atoms with van der Waals surface area (Å²) < 4.78 is 5.95. The number of pyridine rings is 1. The van der Waals surface area contributed by atoms with E-state index in [1.54, 1.807) is 12.4 Å². The predicted octanol–water partition coefficient (Wildman–Crippen LogP) is 4.45. The Morgan fingerprint density at radius 1 is 1.18 bits per heavy atom. The number of amides is 1. The maximum absolute atomic E-state index is 13.8. The van der Waals surface area contributed by atoms with Crippen molar-refractivity contribution in [2.45, 2.75) is 19.4 Å². The highest BCUT2D eigenvalue weighted by molar-refractivity contribution is 5.96. The fourth-order valence-electron chi connectivity index (χ4n) is 4.95. The highest BCUT2D eigenvalue weighted by Crippen LogP contribution is 2.37. The molecule has 1 fully saturated rings. The van der Waals surface area contributed by atoms with Gasteiger partial charge in [0.05, 0.1) is 24.4 Å². The number of hydrogen-bond acceptors (Lipinski definition) is 5. The van der Waals surface area contributed by atoms with Crippen LogP contribution in [0.4, 0.5) is 0 Å². The minimum atomic E-state index is -0.136. The van der Waals surface area contributed by atoms with Crippen molar-refractivity contribution in [1.29, 1.82) is 0 Å². The lowest BCUT2D eigenvalue weighted by molar-refractivity contribution is 0.0679. The summed E-state index contributed by atoms with van der Waals surface area (Å²) in [5.74, 6) is 0.943. The number of rotatable bonds is 7. The van der Waals surface area contributed by atoms with Crippen LogP contribution in [0.25, 0.3) is 22.0 Å². The van der Waals surface area contributed by atoms with Gasteiger partial charge in [0, 0.05) is 48.1 Å². The number of nitrogens with one attached hydrogen (secondary N) is 2. The van der Waals surface area contributed by atoms with Gasteiger partial charge in [-0.1, -0.05) is 30.3 Å². The van der Waals surface area contributed by atoms with Crippen LogP contribution in [-0.2, 0) is 0 Å². The Balaban J connectivity index is 1.52. The minimum Gasteiger partial charge on any atom is -0.493 e. The lowest BCUT2D eigenvalue weighted by atomic mass is 9.90. The van der Waals surface area contributed by atoms with E-state index in [1.807, 2.05) is 73.6 Å². The summed E-state index contributed by atoms with van der Waals surface area (Å²) >= 11 is 0. The molecule has 0 spiro atoms. The van der Waals surface area contributed by atoms with Crippen LogP contribution >= 0.6 is 0 Å². The Labute approximate surface area is 199 Å². The molecular formula is C27H29N5O2. The van der Waals surface area contributed by atoms with Crippen molar-refractivity contribution >= 4 is 16.8 Å². The van der Waals surface area contributed by atoms with Crippen LogP contribution in [0.3, 0.4) is 0 Å². The number of H-pyrrole nitrogens is 1. The van der Waals surface area contributed by atoms with Crippen LogP contribution in [-0.4, -0.2) is 52.7 Å². The van der Waals surface area contributed by atoms with Crippen LogP contribution in [0.2, 0.25) is 0 Å². The second-order valence-electron chi connectivity index (χ2n) is 8.69. The normalized spacial score (nSPS) is 16.5. The molecule has 7 heteroatoms. The van der Waals surface area contributed by atoms with E-state index in [9.17, 15) is 4.79 Å². The molecule has 2 N–H and O–H groups in total. The summed E-state index contributed by atoms with van der Waals surface area (Å²) in [4.78, 5) is 20.1. The fraction of sp³-hybridized carbons (Fsp3) is 0.296. The minimum absolute atomic E-state index is 0.0472. The summed E-state index contributed by atoms with van der Waals surface area (Å²) in [6, 6.07) is 15.7. The molecular weight excluding hydrogens is 426 g/mol. The van der Waals surface area contributed by atoms with Crippen LogP contribution in [0.15, 0.2) is 67.1 Å². The number of ether oxygens (including phenoxy) is 1. The van der Waals surface area contributed by atoms with Gasteiger partial charge in [-0.15, -0.1) is 0 Å². The number of benzene rings is 2. The van der Waals surface area contributed by atoms with Crippen molar-refractivity contribution in [3.05, 3.63) is 78.2 Å². The van der Waals surface area contributed by atoms with Gasteiger partial charge in [0.1, 0.15) is 5.75 Å². The third-order valence-corrected chi connectivity index (χ3v) is 6.60. The molecule has 0 bridgehead atoms. The second-order valence-corrected chi connectivity index (χ2v) is 8.69. The molecule has 1 aliphatic heterocycles. The number of carbonyl (C=O) groups excluding carboxylic acids is 1. The van der Waals surface area contributed by atoms with Crippen molar-refractivity contribution in [2.75, 3.05) is 26.7 Å². The smallest absolute Gasteiger partial charge is 0.254 e. The Morgan fingerprint density at radius 2 is 2.03 bits per heavy atom. The van der Waals surface area contributed by atoms with E-state index >= 15 is 0 Å². The second kappa shape index (κ2) is 9.65. The van der Waals surface area contributed by atoms with Crippen molar-refractivity contribution < 1.29 is 9.53 Å². The maximum atomic E-state index is 13.8. The summed E-state index contributed by atoms with van der Waals surface area (Å²) in [6.45, 7) is 4.27. The zero-order chi connectivity index (χ0) is 23.5. The maximum Gasteiger partial charge on any atom is 0.254 e. The summed E-state index contributed by atoms with van der Waals surface area (Å²) in [7, 11) is 1.88. The van der Waals surface area contributed by atoms with Gasteiger partial charge in [0.2, 0.25) is 0 Å². The molecule has 0 unspecified atom stereocenters. The van der Waals surface area contributed by atoms with E-state index in [4.69, 9.17) is 4.74 Å². The van der Waals surface area contributed by atoms with Crippen LogP contribution in [0.5, 0.6) is 5.75 Å². The van der Waals surface area contributed by atoms with E-state index < -0.39 is 0 Å². The van der Waals surface area contributed by atoms with Gasteiger partial charge in [-0.05, 0) is 49.6 Å². The first-order valence-electron chi connectivity index (χ1n) is 11.7. The zero-order valence-electron chi connectivity index (χ0n) is 19.5. The van der Waals surface area contributed by atoms with Gasteiger partial charge in [0.15, 0.2) is 0 Å². The molecule has 0 aliphatic carbocycles. The summed E-state index contributed by atoms with van der Waals surface area (Å²) in [5, 5.41) is 11.7. The number of hydrogen-bond donors (Lipinski definition) is 2. The van der Waals surface area contributed by atoms with Gasteiger partial charge in [0.25, 0.3) is 5.91 Å². The number of aromatic nitrogens is 3. The number of fused-ring (bicyclic) bond motifs is 1. The van der Waals surface area contributed by atoms with Gasteiger partial charge in [-0.3, -0.25) is 14.9 Å². The summed E-state index contributed by atoms with van der Waals surface area (Å²) in [6.07, 6.45) is 6.42. The molecule has 2 aromatic carbocycles. The molecule has 2 atom stereocenters. The van der Waals surface area contributed by atoms with Crippen molar-refractivity contribution in [3.8, 4) is 16.9 Å². The van der Waals surface area contributed by atoms with Crippen LogP contribution in [0, 0.1) is 5.92 Å². The molecule has 174 valence electrons. The van der Waals surface area contributed by atoms with E-state index in [2.05, 4.69) is 20.5 Å². The average Bonchev–Trinajstić information content (AvgIpc) is 3.57.